The zero-order valence-electron chi connectivity index (χ0n) is 11.2. The molecule has 1 rings (SSSR count). The maximum absolute atomic E-state index is 11.9. The van der Waals surface area contributed by atoms with E-state index in [1.54, 1.807) is 0 Å². The van der Waals surface area contributed by atoms with E-state index in [1.807, 2.05) is 20.8 Å². The lowest BCUT2D eigenvalue weighted by Crippen LogP contribution is -2.45. The van der Waals surface area contributed by atoms with Gasteiger partial charge in [0.1, 0.15) is 18.3 Å². The Kier molecular flexibility index (Phi) is 5.47. The predicted octanol–water partition coefficient (Wildman–Crippen LogP) is 0.854. The van der Waals surface area contributed by atoms with Crippen molar-refractivity contribution < 1.29 is 19.1 Å². The summed E-state index contributed by atoms with van der Waals surface area (Å²) in [6, 6.07) is -0.459. The zero-order chi connectivity index (χ0) is 13.7. The lowest BCUT2D eigenvalue weighted by Gasteiger charge is -2.24. The summed E-state index contributed by atoms with van der Waals surface area (Å²) >= 11 is 0. The highest BCUT2D eigenvalue weighted by Crippen LogP contribution is 2.11. The van der Waals surface area contributed by atoms with Gasteiger partial charge in [0.05, 0.1) is 12.6 Å². The molecule has 0 saturated carbocycles. The van der Waals surface area contributed by atoms with Gasteiger partial charge in [-0.1, -0.05) is 20.8 Å². The second kappa shape index (κ2) is 6.64. The number of carbonyl (C=O) groups excluding carboxylic acids is 3. The van der Waals surface area contributed by atoms with Crippen LogP contribution in [0.5, 0.6) is 0 Å². The molecule has 1 fully saturated rings. The Morgan fingerprint density at radius 1 is 1.33 bits per heavy atom. The molecule has 0 aromatic rings. The minimum Gasteiger partial charge on any atom is -0.462 e. The maximum atomic E-state index is 11.9. The van der Waals surface area contributed by atoms with Gasteiger partial charge in [0, 0.05) is 6.42 Å². The zero-order valence-corrected chi connectivity index (χ0v) is 11.2. The highest BCUT2D eigenvalue weighted by atomic mass is 16.5. The summed E-state index contributed by atoms with van der Waals surface area (Å²) in [7, 11) is 0. The molecule has 1 aliphatic rings. The van der Waals surface area contributed by atoms with Crippen molar-refractivity contribution in [1.82, 2.24) is 5.32 Å². The highest BCUT2D eigenvalue weighted by Gasteiger charge is 2.28. The summed E-state index contributed by atoms with van der Waals surface area (Å²) in [6.45, 7) is 5.77. The molecule has 0 aliphatic carbocycles. The van der Waals surface area contributed by atoms with Crippen LogP contribution in [0.1, 0.15) is 40.0 Å². The molecular formula is C13H21NO4. The fourth-order valence-corrected chi connectivity index (χ4v) is 2.02. The Balaban J connectivity index is 2.79. The number of hydrogen-bond donors (Lipinski definition) is 1. The fraction of sp³-hybridized carbons (Fsp3) is 0.769. The van der Waals surface area contributed by atoms with E-state index in [9.17, 15) is 14.4 Å². The molecule has 0 amide bonds. The minimum atomic E-state index is -0.533. The van der Waals surface area contributed by atoms with Crippen LogP contribution < -0.4 is 5.32 Å². The Hall–Kier alpha value is -1.23. The topological polar surface area (TPSA) is 72.5 Å². The molecule has 1 saturated heterocycles. The normalized spacial score (nSPS) is 27.2. The van der Waals surface area contributed by atoms with Gasteiger partial charge >= 0.3 is 5.97 Å². The summed E-state index contributed by atoms with van der Waals surface area (Å²) < 4.78 is 5.14. The monoisotopic (exact) mass is 255 g/mol. The number of carbonyl (C=O) groups is 3. The van der Waals surface area contributed by atoms with E-state index < -0.39 is 18.1 Å². The van der Waals surface area contributed by atoms with Crippen molar-refractivity contribution in [2.45, 2.75) is 52.2 Å². The van der Waals surface area contributed by atoms with Gasteiger partial charge in [-0.2, -0.15) is 0 Å². The average molecular weight is 255 g/mol. The second-order valence-electron chi connectivity index (χ2n) is 5.01. The summed E-state index contributed by atoms with van der Waals surface area (Å²) in [5, 5.41) is 2.95. The van der Waals surface area contributed by atoms with E-state index in [1.165, 1.54) is 0 Å². The third-order valence-electron chi connectivity index (χ3n) is 3.06. The summed E-state index contributed by atoms with van der Waals surface area (Å²) in [4.78, 5) is 35.2. The largest absolute Gasteiger partial charge is 0.462 e. The van der Waals surface area contributed by atoms with Gasteiger partial charge in [-0.05, 0) is 12.3 Å². The van der Waals surface area contributed by atoms with E-state index in [-0.39, 0.29) is 36.9 Å². The van der Waals surface area contributed by atoms with Crippen molar-refractivity contribution in [3.8, 4) is 0 Å². The van der Waals surface area contributed by atoms with Crippen LogP contribution in [0.2, 0.25) is 0 Å². The number of hydrogen-bond acceptors (Lipinski definition) is 5. The lowest BCUT2D eigenvalue weighted by molar-refractivity contribution is -0.152. The van der Waals surface area contributed by atoms with Crippen LogP contribution in [-0.4, -0.2) is 36.2 Å². The molecule has 0 bridgehead atoms. The van der Waals surface area contributed by atoms with Crippen LogP contribution in [0, 0.1) is 5.92 Å². The maximum Gasteiger partial charge on any atom is 0.313 e. The fourth-order valence-electron chi connectivity index (χ4n) is 2.02. The first-order valence-corrected chi connectivity index (χ1v) is 6.41. The molecule has 2 unspecified atom stereocenters. The quantitative estimate of drug-likeness (QED) is 0.585. The van der Waals surface area contributed by atoms with Crippen molar-refractivity contribution in [1.29, 1.82) is 0 Å². The van der Waals surface area contributed by atoms with Gasteiger partial charge in [0.25, 0.3) is 0 Å². The Labute approximate surface area is 107 Å². The molecule has 0 radical (unpaired) electrons. The van der Waals surface area contributed by atoms with Crippen LogP contribution in [0.15, 0.2) is 0 Å². The summed E-state index contributed by atoms with van der Waals surface area (Å²) in [5.74, 6) is -0.733. The third kappa shape index (κ3) is 4.22. The van der Waals surface area contributed by atoms with Gasteiger partial charge in [-0.25, -0.2) is 0 Å². The summed E-state index contributed by atoms with van der Waals surface area (Å²) in [5.41, 5.74) is 0. The number of rotatable bonds is 2. The first-order valence-electron chi connectivity index (χ1n) is 6.41. The van der Waals surface area contributed by atoms with Crippen molar-refractivity contribution in [2.75, 3.05) is 6.54 Å². The molecule has 0 aromatic carbocycles. The summed E-state index contributed by atoms with van der Waals surface area (Å²) in [6.07, 6.45) is 0.170. The lowest BCUT2D eigenvalue weighted by atomic mass is 9.97. The average Bonchev–Trinajstić information content (AvgIpc) is 2.26. The number of ether oxygens (including phenoxy) is 1. The molecule has 1 heterocycles. The van der Waals surface area contributed by atoms with Crippen molar-refractivity contribution in [3.05, 3.63) is 0 Å². The molecule has 0 aromatic heterocycles. The SMILES string of the molecule is CCC1CC(=O)CNC(C(C)C)C(=O)CC(=O)O1. The number of ketones is 2. The van der Waals surface area contributed by atoms with Crippen LogP contribution in [0.3, 0.4) is 0 Å². The van der Waals surface area contributed by atoms with Gasteiger partial charge in [-0.15, -0.1) is 0 Å². The van der Waals surface area contributed by atoms with E-state index in [2.05, 4.69) is 5.32 Å². The molecule has 5 heteroatoms. The Bertz CT molecular complexity index is 338. The van der Waals surface area contributed by atoms with E-state index in [4.69, 9.17) is 4.74 Å². The predicted molar refractivity (Wildman–Crippen MR) is 66.0 cm³/mol. The first-order chi connectivity index (χ1) is 8.43. The Morgan fingerprint density at radius 2 is 2.00 bits per heavy atom. The van der Waals surface area contributed by atoms with Crippen LogP contribution >= 0.6 is 0 Å². The molecule has 1 N–H and O–H groups in total. The molecular weight excluding hydrogens is 234 g/mol. The number of nitrogens with one attached hydrogen (secondary N) is 1. The van der Waals surface area contributed by atoms with E-state index >= 15 is 0 Å². The van der Waals surface area contributed by atoms with Crippen molar-refractivity contribution in [3.63, 3.8) is 0 Å². The molecule has 5 nitrogen and oxygen atoms in total. The molecule has 0 spiro atoms. The van der Waals surface area contributed by atoms with Crippen LogP contribution in [0.4, 0.5) is 0 Å². The van der Waals surface area contributed by atoms with Crippen LogP contribution in [0.25, 0.3) is 0 Å². The Morgan fingerprint density at radius 3 is 2.56 bits per heavy atom. The molecule has 102 valence electrons. The third-order valence-corrected chi connectivity index (χ3v) is 3.06. The highest BCUT2D eigenvalue weighted by molar-refractivity contribution is 5.99. The second-order valence-corrected chi connectivity index (χ2v) is 5.01. The van der Waals surface area contributed by atoms with E-state index in [0.717, 1.165) is 0 Å². The molecule has 18 heavy (non-hydrogen) atoms. The number of cyclic esters (lactones) is 1. The first kappa shape index (κ1) is 14.8. The van der Waals surface area contributed by atoms with Crippen LogP contribution in [-0.2, 0) is 19.1 Å². The molecule has 2 atom stereocenters. The van der Waals surface area contributed by atoms with Crippen molar-refractivity contribution in [2.24, 2.45) is 5.92 Å². The van der Waals surface area contributed by atoms with Gasteiger partial charge in [-0.3, -0.25) is 14.4 Å². The van der Waals surface area contributed by atoms with E-state index in [0.29, 0.717) is 6.42 Å². The number of Topliss-reactive ketones (excluding diaryl/α,β-unsaturated/α-hetero) is 2. The van der Waals surface area contributed by atoms with Gasteiger partial charge in [0.15, 0.2) is 5.78 Å². The van der Waals surface area contributed by atoms with Crippen molar-refractivity contribution >= 4 is 17.5 Å². The van der Waals surface area contributed by atoms with Gasteiger partial charge in [0.2, 0.25) is 0 Å². The number of esters is 1. The smallest absolute Gasteiger partial charge is 0.313 e. The standard InChI is InChI=1S/C13H21NO4/c1-4-10-5-9(15)7-14-13(8(2)3)11(16)6-12(17)18-10/h8,10,13-14H,4-7H2,1-3H3. The minimum absolute atomic E-state index is 0.0324. The molecule has 1 aliphatic heterocycles. The van der Waals surface area contributed by atoms with Gasteiger partial charge < -0.3 is 10.1 Å².